The van der Waals surface area contributed by atoms with Crippen LogP contribution >= 0.6 is 0 Å². The van der Waals surface area contributed by atoms with Crippen LogP contribution < -0.4 is 11.1 Å². The highest BCUT2D eigenvalue weighted by Crippen LogP contribution is 2.44. The van der Waals surface area contributed by atoms with E-state index in [9.17, 15) is 5.11 Å². The van der Waals surface area contributed by atoms with Gasteiger partial charge in [-0.25, -0.2) is 0 Å². The van der Waals surface area contributed by atoms with Gasteiger partial charge in [0.2, 0.25) is 0 Å². The third kappa shape index (κ3) is 1.31. The van der Waals surface area contributed by atoms with E-state index in [0.717, 1.165) is 6.54 Å². The smallest absolute Gasteiger partial charge is 0.0871 e. The summed E-state index contributed by atoms with van der Waals surface area (Å²) in [6.07, 6.45) is 1.41. The second-order valence-corrected chi connectivity index (χ2v) is 4.78. The van der Waals surface area contributed by atoms with E-state index < -0.39 is 5.60 Å². The lowest BCUT2D eigenvalue weighted by Crippen LogP contribution is -2.57. The molecular formula is C12H16N2O. The van der Waals surface area contributed by atoms with Crippen LogP contribution in [0.5, 0.6) is 0 Å². The number of benzene rings is 1. The summed E-state index contributed by atoms with van der Waals surface area (Å²) in [5.74, 6) is 0. The Bertz CT molecular complexity index is 385. The van der Waals surface area contributed by atoms with Gasteiger partial charge in [-0.3, -0.25) is 0 Å². The second kappa shape index (κ2) is 3.04. The molecule has 80 valence electrons. The van der Waals surface area contributed by atoms with E-state index in [1.807, 2.05) is 12.1 Å². The van der Waals surface area contributed by atoms with Crippen molar-refractivity contribution in [1.29, 1.82) is 0 Å². The van der Waals surface area contributed by atoms with Gasteiger partial charge < -0.3 is 16.2 Å². The predicted octanol–water partition coefficient (Wildman–Crippen LogP) is 0.683. The molecule has 15 heavy (non-hydrogen) atoms. The number of fused-ring (bicyclic) bond motifs is 1. The maximum atomic E-state index is 10.4. The van der Waals surface area contributed by atoms with Crippen molar-refractivity contribution in [2.75, 3.05) is 0 Å². The van der Waals surface area contributed by atoms with Gasteiger partial charge in [-0.15, -0.1) is 0 Å². The first kappa shape index (κ1) is 9.33. The van der Waals surface area contributed by atoms with Crippen molar-refractivity contribution in [2.24, 2.45) is 5.73 Å². The van der Waals surface area contributed by atoms with E-state index in [0.29, 0.717) is 12.8 Å². The lowest BCUT2D eigenvalue weighted by molar-refractivity contribution is -0.0754. The molecule has 4 N–H and O–H groups in total. The first-order valence-electron chi connectivity index (χ1n) is 5.48. The number of aliphatic hydroxyl groups is 1. The van der Waals surface area contributed by atoms with Gasteiger partial charge in [-0.05, 0) is 24.0 Å². The monoisotopic (exact) mass is 204 g/mol. The van der Waals surface area contributed by atoms with Crippen LogP contribution in [0.4, 0.5) is 0 Å². The van der Waals surface area contributed by atoms with E-state index in [1.165, 1.54) is 11.1 Å². The number of hydrogen-bond donors (Lipinski definition) is 3. The van der Waals surface area contributed by atoms with Gasteiger partial charge in [0.05, 0.1) is 11.6 Å². The fraction of sp³-hybridized carbons (Fsp3) is 0.500. The molecule has 1 aliphatic heterocycles. The van der Waals surface area contributed by atoms with Gasteiger partial charge in [0.15, 0.2) is 0 Å². The van der Waals surface area contributed by atoms with Crippen LogP contribution in [0, 0.1) is 0 Å². The fourth-order valence-electron chi connectivity index (χ4n) is 2.86. The Morgan fingerprint density at radius 2 is 2.07 bits per heavy atom. The van der Waals surface area contributed by atoms with Crippen LogP contribution in [0.3, 0.4) is 0 Å². The zero-order valence-electron chi connectivity index (χ0n) is 8.61. The Kier molecular flexibility index (Phi) is 1.89. The van der Waals surface area contributed by atoms with Gasteiger partial charge in [-0.1, -0.05) is 24.3 Å². The van der Waals surface area contributed by atoms with Gasteiger partial charge in [0.25, 0.3) is 0 Å². The summed E-state index contributed by atoms with van der Waals surface area (Å²) < 4.78 is 0. The van der Waals surface area contributed by atoms with Crippen molar-refractivity contribution >= 4 is 0 Å². The minimum Gasteiger partial charge on any atom is -0.388 e. The highest BCUT2D eigenvalue weighted by Gasteiger charge is 2.49. The molecule has 3 heteroatoms. The quantitative estimate of drug-likeness (QED) is 0.630. The van der Waals surface area contributed by atoms with Crippen molar-refractivity contribution < 1.29 is 5.11 Å². The van der Waals surface area contributed by atoms with Crippen LogP contribution in [-0.4, -0.2) is 16.7 Å². The number of rotatable bonds is 1. The topological polar surface area (TPSA) is 58.3 Å². The normalized spacial score (nSPS) is 38.5. The molecular weight excluding hydrogens is 188 g/mol. The molecule has 2 aliphatic rings. The summed E-state index contributed by atoms with van der Waals surface area (Å²) in [4.78, 5) is 0. The molecule has 0 radical (unpaired) electrons. The maximum absolute atomic E-state index is 10.4. The molecule has 3 nitrogen and oxygen atoms in total. The summed E-state index contributed by atoms with van der Waals surface area (Å²) in [5, 5.41) is 13.8. The van der Waals surface area contributed by atoms with E-state index in [1.54, 1.807) is 0 Å². The van der Waals surface area contributed by atoms with Crippen molar-refractivity contribution in [2.45, 2.75) is 37.1 Å². The van der Waals surface area contributed by atoms with Gasteiger partial charge in [0, 0.05) is 12.6 Å². The molecule has 0 amide bonds. The largest absolute Gasteiger partial charge is 0.388 e. The third-order valence-corrected chi connectivity index (χ3v) is 3.63. The van der Waals surface area contributed by atoms with Gasteiger partial charge >= 0.3 is 0 Å². The molecule has 0 bridgehead atoms. The van der Waals surface area contributed by atoms with Crippen LogP contribution in [0.1, 0.15) is 30.0 Å². The minimum absolute atomic E-state index is 0.0773. The minimum atomic E-state index is -0.619. The summed E-state index contributed by atoms with van der Waals surface area (Å²) in [6.45, 7) is 0.860. The Morgan fingerprint density at radius 1 is 1.33 bits per heavy atom. The molecule has 1 aliphatic carbocycles. The molecule has 1 aromatic carbocycles. The number of hydrogen-bond acceptors (Lipinski definition) is 3. The Hall–Kier alpha value is -0.900. The molecule has 0 saturated heterocycles. The lowest BCUT2D eigenvalue weighted by atomic mass is 9.70. The SMILES string of the molecule is NC1CC(O)(C2NCc3ccccc32)C1. The molecule has 1 unspecified atom stereocenters. The Balaban J connectivity index is 1.91. The lowest BCUT2D eigenvalue weighted by Gasteiger charge is -2.46. The predicted molar refractivity (Wildman–Crippen MR) is 58.2 cm³/mol. The van der Waals surface area contributed by atoms with Gasteiger partial charge in [0.1, 0.15) is 0 Å². The molecule has 1 atom stereocenters. The van der Waals surface area contributed by atoms with Crippen LogP contribution in [0.15, 0.2) is 24.3 Å². The van der Waals surface area contributed by atoms with Crippen molar-refractivity contribution in [3.8, 4) is 0 Å². The maximum Gasteiger partial charge on any atom is 0.0871 e. The van der Waals surface area contributed by atoms with Crippen LogP contribution in [-0.2, 0) is 6.54 Å². The standard InChI is InChI=1S/C12H16N2O/c13-9-5-12(15,6-9)11-10-4-2-1-3-8(10)7-14-11/h1-4,9,11,14-15H,5-7,13H2. The van der Waals surface area contributed by atoms with E-state index in [4.69, 9.17) is 5.73 Å². The summed E-state index contributed by atoms with van der Waals surface area (Å²) in [6, 6.07) is 8.53. The molecule has 1 fully saturated rings. The third-order valence-electron chi connectivity index (χ3n) is 3.63. The first-order chi connectivity index (χ1) is 7.19. The first-order valence-corrected chi connectivity index (χ1v) is 5.48. The molecule has 0 spiro atoms. The fourth-order valence-corrected chi connectivity index (χ4v) is 2.86. The molecule has 1 saturated carbocycles. The number of nitrogens with one attached hydrogen (secondary N) is 1. The zero-order valence-corrected chi connectivity index (χ0v) is 8.61. The average Bonchev–Trinajstić information content (AvgIpc) is 2.59. The van der Waals surface area contributed by atoms with Gasteiger partial charge in [-0.2, -0.15) is 0 Å². The second-order valence-electron chi connectivity index (χ2n) is 4.78. The molecule has 0 aromatic heterocycles. The zero-order chi connectivity index (χ0) is 10.5. The van der Waals surface area contributed by atoms with Crippen LogP contribution in [0.25, 0.3) is 0 Å². The molecule has 3 rings (SSSR count). The van der Waals surface area contributed by atoms with Crippen LogP contribution in [0.2, 0.25) is 0 Å². The van der Waals surface area contributed by atoms with Crippen molar-refractivity contribution in [3.05, 3.63) is 35.4 Å². The van der Waals surface area contributed by atoms with E-state index >= 15 is 0 Å². The Morgan fingerprint density at radius 3 is 2.80 bits per heavy atom. The van der Waals surface area contributed by atoms with Crippen molar-refractivity contribution in [1.82, 2.24) is 5.32 Å². The summed E-state index contributed by atoms with van der Waals surface area (Å²) in [7, 11) is 0. The van der Waals surface area contributed by atoms with Crippen molar-refractivity contribution in [3.63, 3.8) is 0 Å². The van der Waals surface area contributed by atoms with E-state index in [2.05, 4.69) is 17.4 Å². The highest BCUT2D eigenvalue weighted by atomic mass is 16.3. The average molecular weight is 204 g/mol. The number of nitrogens with two attached hydrogens (primary N) is 1. The molecule has 1 heterocycles. The Labute approximate surface area is 89.3 Å². The molecule has 1 aromatic rings. The summed E-state index contributed by atoms with van der Waals surface area (Å²) >= 11 is 0. The highest BCUT2D eigenvalue weighted by molar-refractivity contribution is 5.36. The van der Waals surface area contributed by atoms with E-state index in [-0.39, 0.29) is 12.1 Å². The summed E-state index contributed by atoms with van der Waals surface area (Å²) in [5.41, 5.74) is 7.68.